The molecule has 0 aliphatic carbocycles. The molecule has 7 nitrogen and oxygen atoms in total. The Morgan fingerprint density at radius 1 is 1.22 bits per heavy atom. The van der Waals surface area contributed by atoms with Gasteiger partial charge in [-0.2, -0.15) is 0 Å². The minimum Gasteiger partial charge on any atom is -0.338 e. The number of likely N-dealkylation sites (tertiary alicyclic amines) is 1. The molecule has 0 bridgehead atoms. The molecule has 7 heteroatoms. The maximum Gasteiger partial charge on any atom is 0.273 e. The molecule has 0 spiro atoms. The third kappa shape index (κ3) is 3.26. The Bertz CT molecular complexity index is 1020. The summed E-state index contributed by atoms with van der Waals surface area (Å²) in [7, 11) is 3.93. The summed E-state index contributed by atoms with van der Waals surface area (Å²) in [6, 6.07) is 11.2. The molecule has 3 heterocycles. The van der Waals surface area contributed by atoms with Crippen molar-refractivity contribution in [1.29, 1.82) is 0 Å². The number of hydrogen-bond donors (Lipinski definition) is 1. The molecule has 1 aromatic carbocycles. The number of nitrogens with one attached hydrogen (secondary N) is 1. The summed E-state index contributed by atoms with van der Waals surface area (Å²) in [6.45, 7) is 1.96. The Kier molecular flexibility index (Phi) is 4.53. The molecule has 0 atom stereocenters. The Labute approximate surface area is 157 Å². The number of carbonyl (C=O) groups is 1. The van der Waals surface area contributed by atoms with Gasteiger partial charge in [-0.1, -0.05) is 30.3 Å². The molecule has 1 fully saturated rings. The number of piperidine rings is 1. The van der Waals surface area contributed by atoms with Crippen LogP contribution < -0.4 is 5.56 Å². The van der Waals surface area contributed by atoms with E-state index in [1.54, 1.807) is 11.1 Å². The van der Waals surface area contributed by atoms with Gasteiger partial charge in [0.1, 0.15) is 5.56 Å². The number of carbonyl (C=O) groups excluding carboxylic acids is 1. The molecule has 1 N–H and O–H groups in total. The Morgan fingerprint density at radius 3 is 2.63 bits per heavy atom. The van der Waals surface area contributed by atoms with Gasteiger partial charge in [0, 0.05) is 30.9 Å². The topological polar surface area (TPSA) is 73.7 Å². The van der Waals surface area contributed by atoms with Crippen molar-refractivity contribution in [3.63, 3.8) is 0 Å². The van der Waals surface area contributed by atoms with Crippen LogP contribution in [0.3, 0.4) is 0 Å². The minimum atomic E-state index is -0.236. The lowest BCUT2D eigenvalue weighted by Crippen LogP contribution is -2.44. The summed E-state index contributed by atoms with van der Waals surface area (Å²) in [6.07, 6.45) is 3.47. The van der Waals surface area contributed by atoms with Gasteiger partial charge in [0.2, 0.25) is 0 Å². The van der Waals surface area contributed by atoms with E-state index in [0.29, 0.717) is 16.9 Å². The van der Waals surface area contributed by atoms with Crippen LogP contribution in [-0.4, -0.2) is 63.5 Å². The van der Waals surface area contributed by atoms with Gasteiger partial charge in [-0.3, -0.25) is 14.7 Å². The van der Waals surface area contributed by atoms with Crippen LogP contribution >= 0.6 is 0 Å². The zero-order chi connectivity index (χ0) is 19.0. The lowest BCUT2D eigenvalue weighted by Gasteiger charge is -2.34. The quantitative estimate of drug-likeness (QED) is 0.769. The van der Waals surface area contributed by atoms with Crippen LogP contribution in [0.25, 0.3) is 16.9 Å². The average molecular weight is 365 g/mol. The molecule has 0 radical (unpaired) electrons. The molecular weight excluding hydrogens is 342 g/mol. The van der Waals surface area contributed by atoms with Crippen LogP contribution in [0, 0.1) is 0 Å². The highest BCUT2D eigenvalue weighted by Gasteiger charge is 2.27. The number of benzene rings is 1. The Morgan fingerprint density at radius 2 is 1.93 bits per heavy atom. The molecular formula is C20H23N5O2. The zero-order valence-electron chi connectivity index (χ0n) is 15.6. The molecule has 3 aromatic rings. The number of nitrogens with zero attached hydrogens (tertiary/aromatic N) is 4. The summed E-state index contributed by atoms with van der Waals surface area (Å²) in [4.78, 5) is 34.2. The van der Waals surface area contributed by atoms with E-state index in [0.717, 1.165) is 31.5 Å². The second kappa shape index (κ2) is 7.00. The van der Waals surface area contributed by atoms with E-state index in [9.17, 15) is 9.59 Å². The predicted molar refractivity (Wildman–Crippen MR) is 104 cm³/mol. The van der Waals surface area contributed by atoms with Gasteiger partial charge >= 0.3 is 0 Å². The maximum absolute atomic E-state index is 13.1. The summed E-state index contributed by atoms with van der Waals surface area (Å²) >= 11 is 0. The highest BCUT2D eigenvalue weighted by molar-refractivity contribution is 5.99. The van der Waals surface area contributed by atoms with Crippen molar-refractivity contribution in [2.75, 3.05) is 27.2 Å². The van der Waals surface area contributed by atoms with Gasteiger partial charge in [-0.25, -0.2) is 9.50 Å². The predicted octanol–water partition coefficient (Wildman–Crippen LogP) is 1.86. The lowest BCUT2D eigenvalue weighted by molar-refractivity contribution is 0.0661. The fraction of sp³-hybridized carbons (Fsp3) is 0.350. The molecule has 1 aliphatic heterocycles. The first-order chi connectivity index (χ1) is 13.0. The van der Waals surface area contributed by atoms with Crippen LogP contribution in [-0.2, 0) is 0 Å². The van der Waals surface area contributed by atoms with Crippen LogP contribution in [0.15, 0.2) is 47.4 Å². The monoisotopic (exact) mass is 365 g/mol. The molecule has 2 aromatic heterocycles. The summed E-state index contributed by atoms with van der Waals surface area (Å²) in [5, 5.41) is 2.87. The van der Waals surface area contributed by atoms with Gasteiger partial charge in [-0.15, -0.1) is 0 Å². The smallest absolute Gasteiger partial charge is 0.273 e. The molecule has 4 rings (SSSR count). The largest absolute Gasteiger partial charge is 0.338 e. The van der Waals surface area contributed by atoms with Crippen molar-refractivity contribution < 1.29 is 4.79 Å². The van der Waals surface area contributed by atoms with Gasteiger partial charge in [0.25, 0.3) is 11.5 Å². The first-order valence-corrected chi connectivity index (χ1v) is 9.17. The van der Waals surface area contributed by atoms with Crippen LogP contribution in [0.4, 0.5) is 0 Å². The molecule has 0 unspecified atom stereocenters. The number of rotatable bonds is 3. The molecule has 1 aliphatic rings. The lowest BCUT2D eigenvalue weighted by atomic mass is 10.0. The first kappa shape index (κ1) is 17.5. The number of fused-ring (bicyclic) bond motifs is 1. The molecule has 0 saturated carbocycles. The maximum atomic E-state index is 13.1. The zero-order valence-corrected chi connectivity index (χ0v) is 15.6. The molecule has 1 saturated heterocycles. The standard InChI is InChI=1S/C20H23N5O2/c1-23-10-8-15(9-11-23)24(2)20(27)16-13-21-25-18(26)12-17(22-19(16)25)14-6-4-3-5-7-14/h3-7,12-13,15,21H,8-11H2,1-2H3. The van der Waals surface area contributed by atoms with Crippen LogP contribution in [0.2, 0.25) is 0 Å². The highest BCUT2D eigenvalue weighted by Crippen LogP contribution is 2.20. The van der Waals surface area contributed by atoms with Gasteiger partial charge in [-0.05, 0) is 33.0 Å². The van der Waals surface area contributed by atoms with E-state index < -0.39 is 0 Å². The Hall–Kier alpha value is -2.93. The third-order valence-corrected chi connectivity index (χ3v) is 5.35. The number of H-pyrrole nitrogens is 1. The third-order valence-electron chi connectivity index (χ3n) is 5.35. The normalized spacial score (nSPS) is 15.9. The van der Waals surface area contributed by atoms with Gasteiger partial charge in [0.05, 0.1) is 5.69 Å². The van der Waals surface area contributed by atoms with E-state index in [4.69, 9.17) is 0 Å². The van der Waals surface area contributed by atoms with E-state index in [-0.39, 0.29) is 17.5 Å². The van der Waals surface area contributed by atoms with E-state index in [2.05, 4.69) is 22.0 Å². The summed E-state index contributed by atoms with van der Waals surface area (Å²) in [5.74, 6) is -0.111. The van der Waals surface area contributed by atoms with Crippen molar-refractivity contribution in [1.82, 2.24) is 24.4 Å². The molecule has 140 valence electrons. The van der Waals surface area contributed by atoms with Crippen molar-refractivity contribution in [2.24, 2.45) is 0 Å². The fourth-order valence-corrected chi connectivity index (χ4v) is 3.63. The minimum absolute atomic E-state index is 0.111. The first-order valence-electron chi connectivity index (χ1n) is 9.17. The van der Waals surface area contributed by atoms with Crippen molar-refractivity contribution in [3.8, 4) is 11.3 Å². The van der Waals surface area contributed by atoms with E-state index in [1.807, 2.05) is 37.4 Å². The number of aromatic nitrogens is 3. The van der Waals surface area contributed by atoms with Crippen molar-refractivity contribution in [3.05, 3.63) is 58.5 Å². The average Bonchev–Trinajstić information content (AvgIpc) is 3.13. The van der Waals surface area contributed by atoms with E-state index in [1.165, 1.54) is 10.6 Å². The molecule has 1 amide bonds. The summed E-state index contributed by atoms with van der Waals surface area (Å²) < 4.78 is 1.32. The molecule has 27 heavy (non-hydrogen) atoms. The van der Waals surface area contributed by atoms with Gasteiger partial charge in [0.15, 0.2) is 5.65 Å². The van der Waals surface area contributed by atoms with E-state index >= 15 is 0 Å². The number of hydrogen-bond acceptors (Lipinski definition) is 4. The van der Waals surface area contributed by atoms with Gasteiger partial charge < -0.3 is 9.80 Å². The summed E-state index contributed by atoms with van der Waals surface area (Å²) in [5.41, 5.74) is 1.97. The van der Waals surface area contributed by atoms with Crippen LogP contribution in [0.5, 0.6) is 0 Å². The number of aromatic amines is 1. The highest BCUT2D eigenvalue weighted by atomic mass is 16.2. The van der Waals surface area contributed by atoms with Crippen molar-refractivity contribution in [2.45, 2.75) is 18.9 Å². The van der Waals surface area contributed by atoms with Crippen molar-refractivity contribution >= 4 is 11.6 Å². The second-order valence-electron chi connectivity index (χ2n) is 7.14. The fourth-order valence-electron chi connectivity index (χ4n) is 3.63. The Balaban J connectivity index is 1.70. The second-order valence-corrected chi connectivity index (χ2v) is 7.14. The SMILES string of the molecule is CN1CCC(N(C)C(=O)c2c[nH]n3c(=O)cc(-c4ccccc4)nc23)CC1. The van der Waals surface area contributed by atoms with Crippen LogP contribution in [0.1, 0.15) is 23.2 Å². The number of amides is 1.